The third-order valence-corrected chi connectivity index (χ3v) is 16.1. The first-order valence-electron chi connectivity index (χ1n) is 20.3. The molecule has 6 aromatic carbocycles. The Labute approximate surface area is 466 Å². The van der Waals surface area contributed by atoms with Crippen LogP contribution in [0.5, 0.6) is 5.75 Å². The summed E-state index contributed by atoms with van der Waals surface area (Å²) in [6.45, 7) is 4.80. The number of nitrogen functional groups attached to an aromatic ring is 1. The van der Waals surface area contributed by atoms with Gasteiger partial charge in [-0.1, -0.05) is 27.8 Å². The summed E-state index contributed by atoms with van der Waals surface area (Å²) in [5, 5.41) is 68.5. The Kier molecular flexibility index (Phi) is 20.4. The normalized spacial score (nSPS) is 12.2. The molecule has 13 N–H and O–H groups in total. The summed E-state index contributed by atoms with van der Waals surface area (Å²) < 4.78 is 139. The van der Waals surface area contributed by atoms with Crippen molar-refractivity contribution in [3.05, 3.63) is 102 Å². The van der Waals surface area contributed by atoms with Gasteiger partial charge in [-0.15, -0.1) is 33.5 Å². The summed E-state index contributed by atoms with van der Waals surface area (Å²) in [6.07, 6.45) is 1.21. The molecule has 33 nitrogen and oxygen atoms in total. The van der Waals surface area contributed by atoms with Gasteiger partial charge >= 0.3 is 6.03 Å². The summed E-state index contributed by atoms with van der Waals surface area (Å²) in [6, 6.07) is 13.9. The number of anilines is 4. The van der Waals surface area contributed by atoms with Crippen molar-refractivity contribution in [2.24, 2.45) is 26.2 Å². The number of rotatable bonds is 21. The largest absolute Gasteiger partial charge is 0.505 e. The number of primary amides is 1. The third kappa shape index (κ3) is 15.5. The van der Waals surface area contributed by atoms with Gasteiger partial charge < -0.3 is 27.2 Å². The van der Waals surface area contributed by atoms with Crippen LogP contribution in [0.15, 0.2) is 146 Å². The zero-order valence-electron chi connectivity index (χ0n) is 39.1. The van der Waals surface area contributed by atoms with Crippen molar-refractivity contribution in [3.63, 3.8) is 0 Å². The van der Waals surface area contributed by atoms with Crippen molar-refractivity contribution in [2.45, 2.75) is 41.2 Å². The molecule has 41 heteroatoms. The number of nitrogens with two attached hydrogens (primary N) is 2. The highest BCUT2D eigenvalue weighted by Gasteiger charge is 2.28. The second-order valence-corrected chi connectivity index (χ2v) is 23.4. The van der Waals surface area contributed by atoms with Gasteiger partial charge in [-0.2, -0.15) is 30.2 Å². The number of nitrogens with zero attached hydrogens (tertiary/aromatic N) is 7. The van der Waals surface area contributed by atoms with Crippen molar-refractivity contribution in [1.29, 1.82) is 0 Å². The number of hydrogen-bond donors (Lipinski definition) is 11. The number of phenols is 1. The van der Waals surface area contributed by atoms with E-state index in [0.717, 1.165) is 18.2 Å². The molecule has 0 bridgehead atoms. The fourth-order valence-corrected chi connectivity index (χ4v) is 11.7. The summed E-state index contributed by atoms with van der Waals surface area (Å²) in [4.78, 5) is 19.7. The molecule has 0 fully saturated rings. The SMILES string of the molecule is C=CS(=O)(=O)c1cc(N=Nc2c(SOOO)cc3c(S(=O)(=O)O)c(N)ccc3c2O)c(S(=O)(=O)O)cc1SOOO.Cc1cc(S(=O)(=O)O)c2cc(N=Nc3ccc(Nc4ncnc(Cl)n4)cc3NC(N)=O)c(SOOO)cc2c1. The smallest absolute Gasteiger partial charge is 0.316 e. The summed E-state index contributed by atoms with van der Waals surface area (Å²) in [7, 11) is -19.1. The second-order valence-electron chi connectivity index (χ2n) is 14.9. The van der Waals surface area contributed by atoms with Crippen LogP contribution < -0.4 is 22.1 Å². The molecule has 0 spiro atoms. The van der Waals surface area contributed by atoms with Gasteiger partial charge in [-0.05, 0) is 96.2 Å². The number of aromatic nitrogens is 3. The van der Waals surface area contributed by atoms with E-state index in [1.165, 1.54) is 36.7 Å². The van der Waals surface area contributed by atoms with E-state index in [1.54, 1.807) is 19.1 Å². The van der Waals surface area contributed by atoms with Gasteiger partial charge in [0.15, 0.2) is 5.75 Å². The first-order valence-corrected chi connectivity index (χ1v) is 28.8. The summed E-state index contributed by atoms with van der Waals surface area (Å²) in [5.41, 5.74) is 10.5. The van der Waals surface area contributed by atoms with Crippen LogP contribution in [0.3, 0.4) is 0 Å². The maximum atomic E-state index is 12.5. The number of urea groups is 1. The van der Waals surface area contributed by atoms with Gasteiger partial charge in [-0.25, -0.2) is 39.0 Å². The van der Waals surface area contributed by atoms with Crippen LogP contribution in [-0.2, 0) is 68.3 Å². The van der Waals surface area contributed by atoms with Crippen LogP contribution in [-0.4, -0.2) is 89.2 Å². The summed E-state index contributed by atoms with van der Waals surface area (Å²) in [5.74, 6) is -0.698. The number of benzene rings is 6. The van der Waals surface area contributed by atoms with Gasteiger partial charge in [0.05, 0.1) is 67.1 Å². The lowest BCUT2D eigenvalue weighted by Crippen LogP contribution is -2.19. The molecular formula is C39H32ClN11O22S7. The molecule has 0 aliphatic heterocycles. The van der Waals surface area contributed by atoms with E-state index in [4.69, 9.17) is 38.8 Å². The Morgan fingerprint density at radius 1 is 0.688 bits per heavy atom. The molecule has 0 unspecified atom stereocenters. The van der Waals surface area contributed by atoms with Gasteiger partial charge in [0.2, 0.25) is 21.1 Å². The molecule has 0 atom stereocenters. The predicted molar refractivity (Wildman–Crippen MR) is 280 cm³/mol. The Morgan fingerprint density at radius 3 is 1.91 bits per heavy atom. The fourth-order valence-electron chi connectivity index (χ4n) is 6.66. The van der Waals surface area contributed by atoms with Gasteiger partial charge in [0, 0.05) is 27.3 Å². The van der Waals surface area contributed by atoms with E-state index < -0.39 is 88.6 Å². The van der Waals surface area contributed by atoms with Crippen molar-refractivity contribution < 1.29 is 101 Å². The number of carbonyl (C=O) groups excluding carboxylic acids is 1. The first-order chi connectivity index (χ1) is 37.6. The number of aryl methyl sites for hydroxylation is 1. The van der Waals surface area contributed by atoms with E-state index in [2.05, 4.69) is 80.7 Å². The van der Waals surface area contributed by atoms with E-state index in [0.29, 0.717) is 46.2 Å². The predicted octanol–water partition coefficient (Wildman–Crippen LogP) is 9.12. The first kappa shape index (κ1) is 62.3. The highest BCUT2D eigenvalue weighted by molar-refractivity contribution is 7.97. The molecule has 0 saturated heterocycles. The second kappa shape index (κ2) is 26.1. The molecule has 0 aliphatic carbocycles. The molecule has 80 heavy (non-hydrogen) atoms. The van der Waals surface area contributed by atoms with Crippen molar-refractivity contribution >= 4 is 161 Å². The van der Waals surface area contributed by atoms with Crippen molar-refractivity contribution in [2.75, 3.05) is 16.4 Å². The van der Waals surface area contributed by atoms with E-state index >= 15 is 0 Å². The Hall–Kier alpha value is -6.88. The molecule has 1 aromatic heterocycles. The van der Waals surface area contributed by atoms with Crippen LogP contribution in [0.1, 0.15) is 5.56 Å². The molecule has 7 rings (SSSR count). The number of nitrogens with one attached hydrogen (secondary N) is 2. The minimum Gasteiger partial charge on any atom is -0.505 e. The molecular weight excluding hydrogens is 1230 g/mol. The van der Waals surface area contributed by atoms with Crippen LogP contribution in [0, 0.1) is 6.92 Å². The van der Waals surface area contributed by atoms with E-state index in [1.807, 2.05) is 0 Å². The quantitative estimate of drug-likeness (QED) is 0.00797. The minimum atomic E-state index is -5.15. The topological polar surface area (TPSA) is 515 Å². The lowest BCUT2D eigenvalue weighted by Gasteiger charge is -2.13. The van der Waals surface area contributed by atoms with Gasteiger partial charge in [0.1, 0.15) is 43.8 Å². The molecule has 424 valence electrons. The molecule has 0 saturated carbocycles. The average Bonchev–Trinajstić information content (AvgIpc) is 3.37. The highest BCUT2D eigenvalue weighted by atomic mass is 35.5. The lowest BCUT2D eigenvalue weighted by atomic mass is 10.1. The zero-order chi connectivity index (χ0) is 58.9. The maximum absolute atomic E-state index is 12.5. The van der Waals surface area contributed by atoms with Crippen LogP contribution >= 0.6 is 47.7 Å². The number of phenolic OH excluding ortho intramolecular Hbond substituents is 1. The van der Waals surface area contributed by atoms with Crippen molar-refractivity contribution in [3.8, 4) is 5.75 Å². The monoisotopic (exact) mass is 1260 g/mol. The Balaban J connectivity index is 0.000000258. The molecule has 0 radical (unpaired) electrons. The van der Waals surface area contributed by atoms with Crippen LogP contribution in [0.2, 0.25) is 5.28 Å². The van der Waals surface area contributed by atoms with E-state index in [9.17, 15) is 57.2 Å². The number of fused-ring (bicyclic) bond motifs is 2. The standard InChI is InChI=1S/C21H17ClN8O7S2.C18H15N3O15S5/c1-10-4-11-6-17(38-37-36-32)16(8-13(11)18(5-10)39(33,34)35)30-29-14-3-2-12(7-15(14)27-20(23)31)26-21-25-9-24-19(22)28-21;1-2-39(25,26)15-6-11(14(40(27,28)29)7-12(15)37-35-33-23)20-21-16-13(38-36-34-24)5-9-8(17(16)22)3-4-10(19)18(9)41(30,31)32/h2-9,32H,1H3,(H3,23,27,31)(H,33,34,35)(H,24,25,26,28);2-7,22-24H,1,19H2,(H,27,28,29)(H,30,31,32). The number of amides is 2. The lowest BCUT2D eigenvalue weighted by molar-refractivity contribution is -0.432. The molecule has 2 amide bonds. The van der Waals surface area contributed by atoms with Gasteiger partial charge in [0.25, 0.3) is 30.4 Å². The van der Waals surface area contributed by atoms with Crippen molar-refractivity contribution in [1.82, 2.24) is 15.0 Å². The Morgan fingerprint density at radius 2 is 1.31 bits per heavy atom. The number of carbonyl (C=O) groups is 1. The van der Waals surface area contributed by atoms with Crippen LogP contribution in [0.25, 0.3) is 21.5 Å². The average molecular weight is 1270 g/mol. The third-order valence-electron chi connectivity index (χ3n) is 9.76. The van der Waals surface area contributed by atoms with Gasteiger partial charge in [-0.3, -0.25) is 13.7 Å². The van der Waals surface area contributed by atoms with Crippen LogP contribution in [0.4, 0.5) is 50.6 Å². The number of hydrogen-bond acceptors (Lipinski definition) is 31. The summed E-state index contributed by atoms with van der Waals surface area (Å²) >= 11 is 6.51. The highest BCUT2D eigenvalue weighted by Crippen LogP contribution is 2.47. The maximum Gasteiger partial charge on any atom is 0.316 e. The van der Waals surface area contributed by atoms with E-state index in [-0.39, 0.29) is 83.2 Å². The number of azo groups is 2. The molecule has 7 aromatic rings. The fraction of sp³-hybridized carbons (Fsp3) is 0.0256. The minimum absolute atomic E-state index is 0.0274. The number of aromatic hydroxyl groups is 1. The molecule has 1 heterocycles. The zero-order valence-corrected chi connectivity index (χ0v) is 45.5. The number of sulfone groups is 1. The Bertz CT molecular complexity index is 4110. The number of halogens is 1. The molecule has 0 aliphatic rings.